The van der Waals surface area contributed by atoms with Crippen molar-refractivity contribution in [2.24, 2.45) is 0 Å². The lowest BCUT2D eigenvalue weighted by atomic mass is 9.89. The van der Waals surface area contributed by atoms with E-state index in [0.717, 1.165) is 12.1 Å². The molecule has 5 nitrogen and oxygen atoms in total. The number of aryl methyl sites for hydroxylation is 2. The molecule has 0 amide bonds. The minimum absolute atomic E-state index is 0.00928. The van der Waals surface area contributed by atoms with Gasteiger partial charge in [0, 0.05) is 5.56 Å². The molecule has 0 bridgehead atoms. The van der Waals surface area contributed by atoms with Crippen molar-refractivity contribution >= 4 is 11.9 Å². The molecule has 2 aromatic rings. The number of carbonyl (C=O) groups excluding carboxylic acids is 1. The highest BCUT2D eigenvalue weighted by Gasteiger charge is 2.36. The normalized spacial score (nSPS) is 11.3. The third kappa shape index (κ3) is 3.54. The van der Waals surface area contributed by atoms with Crippen LogP contribution in [-0.4, -0.2) is 28.6 Å². The number of esters is 1. The number of halogens is 3. The maximum absolute atomic E-state index is 13.5. The monoisotopic (exact) mass is 367 g/mol. The van der Waals surface area contributed by atoms with E-state index in [4.69, 9.17) is 4.74 Å². The third-order valence-electron chi connectivity index (χ3n) is 3.75. The van der Waals surface area contributed by atoms with Crippen LogP contribution in [0.4, 0.5) is 13.2 Å². The number of aromatic carboxylic acids is 1. The van der Waals surface area contributed by atoms with Crippen LogP contribution in [0.5, 0.6) is 0 Å². The van der Waals surface area contributed by atoms with E-state index in [-0.39, 0.29) is 29.1 Å². The van der Waals surface area contributed by atoms with Crippen LogP contribution in [0.3, 0.4) is 0 Å². The van der Waals surface area contributed by atoms with Crippen molar-refractivity contribution in [1.82, 2.24) is 4.98 Å². The number of ether oxygens (including phenoxy) is 1. The molecule has 0 aliphatic carbocycles. The van der Waals surface area contributed by atoms with E-state index in [1.165, 1.54) is 32.9 Å². The van der Waals surface area contributed by atoms with E-state index in [1.54, 1.807) is 0 Å². The van der Waals surface area contributed by atoms with E-state index in [2.05, 4.69) is 4.98 Å². The molecule has 2 rings (SSSR count). The van der Waals surface area contributed by atoms with Crippen LogP contribution in [0.1, 0.15) is 44.6 Å². The zero-order chi connectivity index (χ0) is 19.6. The second kappa shape index (κ2) is 7.15. The summed E-state index contributed by atoms with van der Waals surface area (Å²) in [5.74, 6) is -2.40. The first-order chi connectivity index (χ1) is 12.1. The van der Waals surface area contributed by atoms with Gasteiger partial charge in [0.1, 0.15) is 0 Å². The smallest absolute Gasteiger partial charge is 0.417 e. The minimum Gasteiger partial charge on any atom is -0.478 e. The van der Waals surface area contributed by atoms with Gasteiger partial charge in [-0.25, -0.2) is 9.59 Å². The summed E-state index contributed by atoms with van der Waals surface area (Å²) in [6, 6.07) is 4.50. The summed E-state index contributed by atoms with van der Waals surface area (Å²) >= 11 is 0. The van der Waals surface area contributed by atoms with Crippen LogP contribution in [-0.2, 0) is 10.9 Å². The zero-order valence-electron chi connectivity index (χ0n) is 14.3. The van der Waals surface area contributed by atoms with Gasteiger partial charge in [0.15, 0.2) is 0 Å². The maximum atomic E-state index is 13.5. The lowest BCUT2D eigenvalue weighted by Crippen LogP contribution is -2.17. The molecule has 0 aliphatic rings. The molecule has 0 spiro atoms. The Morgan fingerprint density at radius 3 is 2.23 bits per heavy atom. The van der Waals surface area contributed by atoms with Crippen LogP contribution in [0.15, 0.2) is 24.3 Å². The Morgan fingerprint density at radius 2 is 1.69 bits per heavy atom. The van der Waals surface area contributed by atoms with Crippen LogP contribution >= 0.6 is 0 Å². The SMILES string of the molecule is CCOC(=O)c1c(C)nc(C)c(C(=O)O)c1-c1ccccc1C(F)(F)F. The summed E-state index contributed by atoms with van der Waals surface area (Å²) in [7, 11) is 0. The Morgan fingerprint density at radius 1 is 1.12 bits per heavy atom. The molecular weight excluding hydrogens is 351 g/mol. The summed E-state index contributed by atoms with van der Waals surface area (Å²) in [6.45, 7) is 4.31. The van der Waals surface area contributed by atoms with Crippen LogP contribution in [0.25, 0.3) is 11.1 Å². The molecule has 26 heavy (non-hydrogen) atoms. The van der Waals surface area contributed by atoms with Crippen molar-refractivity contribution in [3.05, 3.63) is 52.3 Å². The van der Waals surface area contributed by atoms with Crippen molar-refractivity contribution in [2.45, 2.75) is 26.9 Å². The van der Waals surface area contributed by atoms with Gasteiger partial charge in [-0.05, 0) is 32.4 Å². The zero-order valence-corrected chi connectivity index (χ0v) is 14.3. The largest absolute Gasteiger partial charge is 0.478 e. The quantitative estimate of drug-likeness (QED) is 0.817. The number of rotatable bonds is 4. The van der Waals surface area contributed by atoms with Gasteiger partial charge in [0.2, 0.25) is 0 Å². The molecular formula is C18H16F3NO4. The van der Waals surface area contributed by atoms with Gasteiger partial charge in [-0.15, -0.1) is 0 Å². The van der Waals surface area contributed by atoms with Crippen molar-refractivity contribution in [3.8, 4) is 11.1 Å². The highest BCUT2D eigenvalue weighted by molar-refractivity contribution is 6.07. The molecule has 1 aromatic carbocycles. The summed E-state index contributed by atoms with van der Waals surface area (Å²) in [4.78, 5) is 28.1. The lowest BCUT2D eigenvalue weighted by molar-refractivity contribution is -0.137. The average Bonchev–Trinajstić information content (AvgIpc) is 2.53. The number of benzene rings is 1. The summed E-state index contributed by atoms with van der Waals surface area (Å²) < 4.78 is 45.3. The maximum Gasteiger partial charge on any atom is 0.417 e. The molecule has 0 atom stereocenters. The number of pyridine rings is 1. The summed E-state index contributed by atoms with van der Waals surface area (Å²) in [6.07, 6.45) is -4.73. The van der Waals surface area contributed by atoms with Gasteiger partial charge in [-0.2, -0.15) is 13.2 Å². The number of alkyl halides is 3. The Bertz CT molecular complexity index is 875. The Labute approximate surface area is 147 Å². The summed E-state index contributed by atoms with van der Waals surface area (Å²) in [5, 5.41) is 9.56. The standard InChI is InChI=1S/C18H16F3NO4/c1-4-26-17(25)14-10(3)22-9(2)13(16(23)24)15(14)11-7-5-6-8-12(11)18(19,20)21/h5-8H,4H2,1-3H3,(H,23,24). The van der Waals surface area contributed by atoms with E-state index in [9.17, 15) is 27.9 Å². The number of carbonyl (C=O) groups is 2. The number of aromatic nitrogens is 1. The van der Waals surface area contributed by atoms with Crippen molar-refractivity contribution in [3.63, 3.8) is 0 Å². The fourth-order valence-electron chi connectivity index (χ4n) is 2.78. The molecule has 0 aliphatic heterocycles. The van der Waals surface area contributed by atoms with Gasteiger partial charge < -0.3 is 9.84 Å². The average molecular weight is 367 g/mol. The Balaban J connectivity index is 3.00. The number of hydrogen-bond acceptors (Lipinski definition) is 4. The molecule has 1 aromatic heterocycles. The molecule has 138 valence electrons. The van der Waals surface area contributed by atoms with E-state index >= 15 is 0 Å². The van der Waals surface area contributed by atoms with E-state index in [1.807, 2.05) is 0 Å². The van der Waals surface area contributed by atoms with Crippen LogP contribution < -0.4 is 0 Å². The van der Waals surface area contributed by atoms with Crippen LogP contribution in [0.2, 0.25) is 0 Å². The number of nitrogens with zero attached hydrogens (tertiary/aromatic N) is 1. The molecule has 0 radical (unpaired) electrons. The van der Waals surface area contributed by atoms with E-state index < -0.39 is 34.8 Å². The molecule has 0 unspecified atom stereocenters. The van der Waals surface area contributed by atoms with Gasteiger partial charge >= 0.3 is 18.1 Å². The van der Waals surface area contributed by atoms with Crippen molar-refractivity contribution in [2.75, 3.05) is 6.61 Å². The fourth-order valence-corrected chi connectivity index (χ4v) is 2.78. The van der Waals surface area contributed by atoms with E-state index in [0.29, 0.717) is 0 Å². The second-order valence-electron chi connectivity index (χ2n) is 5.48. The number of carboxylic acids is 1. The topological polar surface area (TPSA) is 76.5 Å². The molecule has 0 saturated carbocycles. The van der Waals surface area contributed by atoms with Crippen molar-refractivity contribution in [1.29, 1.82) is 0 Å². The van der Waals surface area contributed by atoms with Gasteiger partial charge in [-0.3, -0.25) is 4.98 Å². The second-order valence-corrected chi connectivity index (χ2v) is 5.48. The molecule has 8 heteroatoms. The number of hydrogen-bond donors (Lipinski definition) is 1. The molecule has 1 N–H and O–H groups in total. The van der Waals surface area contributed by atoms with Gasteiger partial charge in [0.25, 0.3) is 0 Å². The first-order valence-corrected chi connectivity index (χ1v) is 7.67. The Hall–Kier alpha value is -2.90. The molecule has 0 fully saturated rings. The van der Waals surface area contributed by atoms with Gasteiger partial charge in [-0.1, -0.05) is 18.2 Å². The highest BCUT2D eigenvalue weighted by Crippen LogP contribution is 2.40. The fraction of sp³-hybridized carbons (Fsp3) is 0.278. The predicted molar refractivity (Wildman–Crippen MR) is 87.1 cm³/mol. The minimum atomic E-state index is -4.73. The first-order valence-electron chi connectivity index (χ1n) is 7.67. The van der Waals surface area contributed by atoms with Crippen molar-refractivity contribution < 1.29 is 32.6 Å². The van der Waals surface area contributed by atoms with Crippen LogP contribution in [0, 0.1) is 13.8 Å². The highest BCUT2D eigenvalue weighted by atomic mass is 19.4. The molecule has 1 heterocycles. The third-order valence-corrected chi connectivity index (χ3v) is 3.75. The lowest BCUT2D eigenvalue weighted by Gasteiger charge is -2.19. The first kappa shape index (κ1) is 19.4. The predicted octanol–water partition coefficient (Wildman–Crippen LogP) is 4.26. The number of carboxylic acid groups (broad SMARTS) is 1. The Kier molecular flexibility index (Phi) is 5.34. The summed E-state index contributed by atoms with van der Waals surface area (Å²) in [5.41, 5.74) is -2.43. The van der Waals surface area contributed by atoms with Gasteiger partial charge in [0.05, 0.1) is 34.7 Å². The molecule has 0 saturated heterocycles.